The number of thiazole rings is 1. The van der Waals surface area contributed by atoms with Crippen LogP contribution in [0.15, 0.2) is 5.38 Å². The number of likely N-dealkylation sites (tertiary alicyclic amines) is 1. The van der Waals surface area contributed by atoms with Gasteiger partial charge in [0.2, 0.25) is 11.8 Å². The van der Waals surface area contributed by atoms with Gasteiger partial charge in [0, 0.05) is 24.9 Å². The number of nitrogens with one attached hydrogen (secondary N) is 1. The van der Waals surface area contributed by atoms with Crippen LogP contribution in [0.1, 0.15) is 25.0 Å². The first-order valence-electron chi connectivity index (χ1n) is 6.62. The van der Waals surface area contributed by atoms with Crippen molar-refractivity contribution in [3.8, 4) is 0 Å². The van der Waals surface area contributed by atoms with Gasteiger partial charge in [0.15, 0.2) is 5.13 Å². The fourth-order valence-electron chi connectivity index (χ4n) is 2.36. The minimum Gasteiger partial charge on any atom is -0.342 e. The highest BCUT2D eigenvalue weighted by molar-refractivity contribution is 7.13. The van der Waals surface area contributed by atoms with Crippen molar-refractivity contribution in [2.75, 3.05) is 18.4 Å². The molecule has 1 aromatic heterocycles. The summed E-state index contributed by atoms with van der Waals surface area (Å²) in [4.78, 5) is 30.0. The van der Waals surface area contributed by atoms with Crippen molar-refractivity contribution in [2.24, 2.45) is 11.8 Å². The maximum Gasteiger partial charge on any atom is 0.231 e. The molecule has 0 bridgehead atoms. The first-order valence-corrected chi connectivity index (χ1v) is 7.50. The van der Waals surface area contributed by atoms with Crippen LogP contribution in [0.2, 0.25) is 0 Å². The Kier molecular flexibility index (Phi) is 3.26. The highest BCUT2D eigenvalue weighted by atomic mass is 32.1. The summed E-state index contributed by atoms with van der Waals surface area (Å²) in [6, 6.07) is 0. The topological polar surface area (TPSA) is 62.3 Å². The molecule has 1 atom stereocenters. The number of carbonyl (C=O) groups is 2. The van der Waals surface area contributed by atoms with E-state index in [2.05, 4.69) is 10.3 Å². The van der Waals surface area contributed by atoms with E-state index >= 15 is 0 Å². The normalized spacial score (nSPS) is 22.9. The van der Waals surface area contributed by atoms with Gasteiger partial charge in [0.25, 0.3) is 0 Å². The molecule has 0 aromatic carbocycles. The smallest absolute Gasteiger partial charge is 0.231 e. The molecule has 2 fully saturated rings. The zero-order chi connectivity index (χ0) is 13.4. The molecule has 1 saturated carbocycles. The van der Waals surface area contributed by atoms with Gasteiger partial charge in [-0.15, -0.1) is 11.3 Å². The van der Waals surface area contributed by atoms with Crippen molar-refractivity contribution in [1.82, 2.24) is 9.88 Å². The second kappa shape index (κ2) is 4.92. The minimum atomic E-state index is -0.226. The van der Waals surface area contributed by atoms with Gasteiger partial charge in [-0.3, -0.25) is 9.59 Å². The number of hydrogen-bond donors (Lipinski definition) is 1. The Hall–Kier alpha value is -1.43. The van der Waals surface area contributed by atoms with Crippen LogP contribution in [-0.2, 0) is 9.59 Å². The Morgan fingerprint density at radius 3 is 3.00 bits per heavy atom. The summed E-state index contributed by atoms with van der Waals surface area (Å²) in [5, 5.41) is 5.32. The lowest BCUT2D eigenvalue weighted by molar-refractivity contribution is -0.128. The summed E-state index contributed by atoms with van der Waals surface area (Å²) in [7, 11) is 0. The number of carbonyl (C=O) groups excluding carboxylic acids is 2. The monoisotopic (exact) mass is 279 g/mol. The number of anilines is 1. The lowest BCUT2D eigenvalue weighted by Gasteiger charge is -2.15. The standard InChI is InChI=1S/C13H17N3O2S/c1-8-7-19-13(14-8)15-12(18)10-4-11(17)16(6-10)5-9-2-3-9/h7,9-10H,2-6H2,1H3,(H,14,15,18)/t10-/m1/s1. The summed E-state index contributed by atoms with van der Waals surface area (Å²) in [5.74, 6) is 0.478. The third-order valence-electron chi connectivity index (χ3n) is 3.61. The fourth-order valence-corrected chi connectivity index (χ4v) is 3.05. The Labute approximate surface area is 116 Å². The maximum atomic E-state index is 12.1. The molecule has 0 radical (unpaired) electrons. The molecule has 1 aliphatic carbocycles. The van der Waals surface area contributed by atoms with Crippen molar-refractivity contribution in [3.63, 3.8) is 0 Å². The van der Waals surface area contributed by atoms with Crippen molar-refractivity contribution in [1.29, 1.82) is 0 Å². The molecule has 102 valence electrons. The lowest BCUT2D eigenvalue weighted by atomic mass is 10.1. The summed E-state index contributed by atoms with van der Waals surface area (Å²) in [6.07, 6.45) is 2.78. The molecule has 0 spiro atoms. The zero-order valence-corrected chi connectivity index (χ0v) is 11.7. The van der Waals surface area contributed by atoms with E-state index in [1.165, 1.54) is 24.2 Å². The van der Waals surface area contributed by atoms with E-state index < -0.39 is 0 Å². The van der Waals surface area contributed by atoms with Gasteiger partial charge < -0.3 is 10.2 Å². The van der Waals surface area contributed by atoms with Crippen LogP contribution in [0.3, 0.4) is 0 Å². The van der Waals surface area contributed by atoms with Gasteiger partial charge in [0.1, 0.15) is 0 Å². The summed E-state index contributed by atoms with van der Waals surface area (Å²) in [6.45, 7) is 3.28. The molecule has 1 saturated heterocycles. The largest absolute Gasteiger partial charge is 0.342 e. The fraction of sp³-hybridized carbons (Fsp3) is 0.615. The minimum absolute atomic E-state index is 0.0824. The molecule has 2 amide bonds. The van der Waals surface area contributed by atoms with E-state index in [0.29, 0.717) is 24.0 Å². The number of hydrogen-bond acceptors (Lipinski definition) is 4. The van der Waals surface area contributed by atoms with Gasteiger partial charge in [-0.05, 0) is 25.7 Å². The number of aryl methyl sites for hydroxylation is 1. The molecule has 1 aliphatic heterocycles. The Bertz CT molecular complexity index is 510. The number of nitrogens with zero attached hydrogens (tertiary/aromatic N) is 2. The van der Waals surface area contributed by atoms with E-state index in [4.69, 9.17) is 0 Å². The van der Waals surface area contributed by atoms with Crippen LogP contribution in [0, 0.1) is 18.8 Å². The number of rotatable bonds is 4. The summed E-state index contributed by atoms with van der Waals surface area (Å²) < 4.78 is 0. The Morgan fingerprint density at radius 2 is 2.37 bits per heavy atom. The highest BCUT2D eigenvalue weighted by Gasteiger charge is 2.37. The first-order chi connectivity index (χ1) is 9.11. The van der Waals surface area contributed by atoms with Gasteiger partial charge in [-0.25, -0.2) is 4.98 Å². The van der Waals surface area contributed by atoms with Crippen LogP contribution in [-0.4, -0.2) is 34.8 Å². The molecule has 6 heteroatoms. The van der Waals surface area contributed by atoms with Gasteiger partial charge in [-0.1, -0.05) is 0 Å². The second-order valence-electron chi connectivity index (χ2n) is 5.43. The number of amides is 2. The lowest BCUT2D eigenvalue weighted by Crippen LogP contribution is -2.29. The third kappa shape index (κ3) is 2.94. The SMILES string of the molecule is Cc1csc(NC(=O)[C@@H]2CC(=O)N(CC3CC3)C2)n1. The molecule has 2 heterocycles. The van der Waals surface area contributed by atoms with Crippen LogP contribution < -0.4 is 5.32 Å². The molecule has 1 N–H and O–H groups in total. The third-order valence-corrected chi connectivity index (χ3v) is 4.49. The second-order valence-corrected chi connectivity index (χ2v) is 6.28. The van der Waals surface area contributed by atoms with Gasteiger partial charge in [0.05, 0.1) is 11.6 Å². The molecule has 5 nitrogen and oxygen atoms in total. The van der Waals surface area contributed by atoms with E-state index in [9.17, 15) is 9.59 Å². The maximum absolute atomic E-state index is 12.1. The molecular weight excluding hydrogens is 262 g/mol. The van der Waals surface area contributed by atoms with Crippen LogP contribution in [0.5, 0.6) is 0 Å². The predicted octanol–water partition coefficient (Wildman–Crippen LogP) is 1.65. The van der Waals surface area contributed by atoms with Crippen molar-refractivity contribution in [2.45, 2.75) is 26.2 Å². The van der Waals surface area contributed by atoms with E-state index in [1.54, 1.807) is 0 Å². The van der Waals surface area contributed by atoms with Crippen molar-refractivity contribution in [3.05, 3.63) is 11.1 Å². The zero-order valence-electron chi connectivity index (χ0n) is 10.9. The Morgan fingerprint density at radius 1 is 1.58 bits per heavy atom. The molecule has 19 heavy (non-hydrogen) atoms. The highest BCUT2D eigenvalue weighted by Crippen LogP contribution is 2.32. The van der Waals surface area contributed by atoms with Crippen LogP contribution >= 0.6 is 11.3 Å². The molecular formula is C13H17N3O2S. The predicted molar refractivity (Wildman–Crippen MR) is 72.9 cm³/mol. The van der Waals surface area contributed by atoms with Crippen LogP contribution in [0.25, 0.3) is 0 Å². The van der Waals surface area contributed by atoms with Crippen molar-refractivity contribution >= 4 is 28.3 Å². The summed E-state index contributed by atoms with van der Waals surface area (Å²) >= 11 is 1.42. The average Bonchev–Trinajstić information content (AvgIpc) is 2.97. The van der Waals surface area contributed by atoms with Crippen LogP contribution in [0.4, 0.5) is 5.13 Å². The van der Waals surface area contributed by atoms with Gasteiger partial charge >= 0.3 is 0 Å². The number of aromatic nitrogens is 1. The quantitative estimate of drug-likeness (QED) is 0.911. The molecule has 3 rings (SSSR count). The average molecular weight is 279 g/mol. The van der Waals surface area contributed by atoms with Crippen molar-refractivity contribution < 1.29 is 9.59 Å². The van der Waals surface area contributed by atoms with E-state index in [1.807, 2.05) is 17.2 Å². The molecule has 2 aliphatic rings. The van der Waals surface area contributed by atoms with E-state index in [0.717, 1.165) is 12.2 Å². The molecule has 0 unspecified atom stereocenters. The Balaban J connectivity index is 1.57. The first kappa shape index (κ1) is 12.6. The van der Waals surface area contributed by atoms with E-state index in [-0.39, 0.29) is 17.7 Å². The van der Waals surface area contributed by atoms with Gasteiger partial charge in [-0.2, -0.15) is 0 Å². The molecule has 1 aromatic rings. The summed E-state index contributed by atoms with van der Waals surface area (Å²) in [5.41, 5.74) is 0.901.